The number of benzene rings is 4. The first-order valence-electron chi connectivity index (χ1n) is 9.45. The molecule has 142 valence electrons. The predicted octanol–water partition coefficient (Wildman–Crippen LogP) is 6.27. The summed E-state index contributed by atoms with van der Waals surface area (Å²) in [4.78, 5) is 1.55. The van der Waals surface area contributed by atoms with Crippen molar-refractivity contribution in [2.45, 2.75) is 0 Å². The Balaban J connectivity index is 1.61. The first kappa shape index (κ1) is 18.1. The third-order valence-corrected chi connectivity index (χ3v) is 5.26. The first-order chi connectivity index (χ1) is 14.7. The summed E-state index contributed by atoms with van der Waals surface area (Å²) in [5, 5.41) is 22.0. The Bertz CT molecular complexity index is 1460. The van der Waals surface area contributed by atoms with E-state index in [0.717, 1.165) is 32.9 Å². The van der Waals surface area contributed by atoms with Gasteiger partial charge in [-0.15, -0.1) is 15.0 Å². The third kappa shape index (κ3) is 3.22. The number of fused-ring (bicyclic) bond motifs is 3. The second kappa shape index (κ2) is 7.47. The van der Waals surface area contributed by atoms with Gasteiger partial charge in [-0.1, -0.05) is 78.4 Å². The summed E-state index contributed by atoms with van der Waals surface area (Å²) >= 11 is 5.95. The fourth-order valence-corrected chi connectivity index (χ4v) is 3.63. The summed E-state index contributed by atoms with van der Waals surface area (Å²) in [6, 6.07) is 27.6. The van der Waals surface area contributed by atoms with Crippen molar-refractivity contribution in [2.24, 2.45) is 0 Å². The van der Waals surface area contributed by atoms with Crippen molar-refractivity contribution < 1.29 is 0 Å². The molecule has 0 fully saturated rings. The molecule has 0 atom stereocenters. The van der Waals surface area contributed by atoms with Gasteiger partial charge < -0.3 is 0 Å². The van der Waals surface area contributed by atoms with E-state index in [0.29, 0.717) is 16.3 Å². The van der Waals surface area contributed by atoms with Gasteiger partial charge >= 0.3 is 0 Å². The molecule has 4 aromatic carbocycles. The van der Waals surface area contributed by atoms with Gasteiger partial charge in [0.1, 0.15) is 22.8 Å². The molecular weight excluding hydrogens is 392 g/mol. The number of halogens is 1. The Morgan fingerprint density at radius 2 is 1.67 bits per heavy atom. The van der Waals surface area contributed by atoms with Gasteiger partial charge in [0.05, 0.1) is 5.56 Å². The second-order valence-electron chi connectivity index (χ2n) is 6.88. The normalized spacial score (nSPS) is 11.3. The lowest BCUT2D eigenvalue weighted by molar-refractivity contribution is 0.764. The van der Waals surface area contributed by atoms with Crippen LogP contribution in [0.3, 0.4) is 0 Å². The summed E-state index contributed by atoms with van der Waals surface area (Å²) in [6.45, 7) is 0. The van der Waals surface area contributed by atoms with Crippen LogP contribution in [0.25, 0.3) is 39.6 Å². The summed E-state index contributed by atoms with van der Waals surface area (Å²) < 4.78 is 0. The fraction of sp³-hybridized carbons (Fsp3) is 0. The highest BCUT2D eigenvalue weighted by atomic mass is 35.5. The Hall–Kier alpha value is -3.94. The smallest absolute Gasteiger partial charge is 0.121 e. The van der Waals surface area contributed by atoms with Gasteiger partial charge in [0.2, 0.25) is 0 Å². The zero-order valence-corrected chi connectivity index (χ0v) is 16.6. The molecule has 1 heterocycles. The van der Waals surface area contributed by atoms with E-state index in [2.05, 4.69) is 17.2 Å². The quantitative estimate of drug-likeness (QED) is 0.332. The zero-order chi connectivity index (χ0) is 20.5. The largest absolute Gasteiger partial charge is 0.192 e. The van der Waals surface area contributed by atoms with Crippen molar-refractivity contribution in [1.29, 1.82) is 5.26 Å². The van der Waals surface area contributed by atoms with Crippen molar-refractivity contribution in [1.82, 2.24) is 15.0 Å². The summed E-state index contributed by atoms with van der Waals surface area (Å²) in [5.41, 5.74) is 4.58. The van der Waals surface area contributed by atoms with E-state index >= 15 is 0 Å². The van der Waals surface area contributed by atoms with Crippen LogP contribution in [0.15, 0.2) is 78.9 Å². The molecule has 0 saturated heterocycles. The fourth-order valence-electron chi connectivity index (χ4n) is 3.50. The van der Waals surface area contributed by atoms with Crippen LogP contribution >= 0.6 is 11.6 Å². The molecule has 0 bridgehead atoms. The van der Waals surface area contributed by atoms with Crippen molar-refractivity contribution in [3.8, 4) is 11.8 Å². The molecule has 0 aliphatic heterocycles. The molecule has 0 aliphatic carbocycles. The van der Waals surface area contributed by atoms with Crippen LogP contribution in [0.1, 0.15) is 16.7 Å². The first-order valence-corrected chi connectivity index (χ1v) is 9.83. The van der Waals surface area contributed by atoms with E-state index < -0.39 is 0 Å². The molecule has 0 unspecified atom stereocenters. The van der Waals surface area contributed by atoms with Crippen molar-refractivity contribution >= 4 is 45.6 Å². The molecular formula is C25H15ClN4. The van der Waals surface area contributed by atoms with Gasteiger partial charge in [-0.3, -0.25) is 0 Å². The van der Waals surface area contributed by atoms with E-state index in [-0.39, 0.29) is 0 Å². The lowest BCUT2D eigenvalue weighted by Gasteiger charge is -2.05. The number of hydrogen-bond acceptors (Lipinski definition) is 3. The van der Waals surface area contributed by atoms with Crippen LogP contribution < -0.4 is 0 Å². The monoisotopic (exact) mass is 406 g/mol. The summed E-state index contributed by atoms with van der Waals surface area (Å²) in [6.07, 6.45) is 3.88. The van der Waals surface area contributed by atoms with E-state index in [1.807, 2.05) is 84.9 Å². The molecule has 5 aromatic rings. The highest BCUT2D eigenvalue weighted by Gasteiger charge is 2.13. The van der Waals surface area contributed by atoms with Crippen LogP contribution in [-0.2, 0) is 0 Å². The maximum absolute atomic E-state index is 9.87. The third-order valence-electron chi connectivity index (χ3n) is 5.00. The van der Waals surface area contributed by atoms with E-state index in [1.165, 1.54) is 0 Å². The molecule has 4 nitrogen and oxygen atoms in total. The average molecular weight is 407 g/mol. The number of nitrogens with zero attached hydrogens (tertiary/aromatic N) is 4. The molecule has 0 amide bonds. The highest BCUT2D eigenvalue weighted by Crippen LogP contribution is 2.25. The van der Waals surface area contributed by atoms with Crippen molar-refractivity contribution in [3.63, 3.8) is 0 Å². The molecule has 5 rings (SSSR count). The lowest BCUT2D eigenvalue weighted by Crippen LogP contribution is -2.02. The zero-order valence-electron chi connectivity index (χ0n) is 15.8. The number of aromatic nitrogens is 3. The standard InChI is InChI=1S/C25H15ClN4/c26-20-13-9-17(10-14-20)8-11-19-5-3-7-24(22(19)16-27)30-28-23-15-12-18-4-1-2-6-21(18)25(23)29-30/h1-15H. The van der Waals surface area contributed by atoms with Gasteiger partial charge in [0.25, 0.3) is 0 Å². The van der Waals surface area contributed by atoms with Crippen LogP contribution in [-0.4, -0.2) is 15.0 Å². The van der Waals surface area contributed by atoms with E-state index in [1.54, 1.807) is 4.80 Å². The minimum atomic E-state index is 0.521. The van der Waals surface area contributed by atoms with Crippen LogP contribution in [0, 0.1) is 11.3 Å². The van der Waals surface area contributed by atoms with Crippen LogP contribution in [0.2, 0.25) is 5.02 Å². The lowest BCUT2D eigenvalue weighted by atomic mass is 10.0. The SMILES string of the molecule is N#Cc1c(C=Cc2ccc(Cl)cc2)cccc1-n1nc2ccc3ccccc3c2n1. The minimum absolute atomic E-state index is 0.521. The summed E-state index contributed by atoms with van der Waals surface area (Å²) in [7, 11) is 0. The molecule has 1 aromatic heterocycles. The van der Waals surface area contributed by atoms with Crippen molar-refractivity contribution in [3.05, 3.63) is 101 Å². The molecule has 0 spiro atoms. The Morgan fingerprint density at radius 3 is 2.50 bits per heavy atom. The van der Waals surface area contributed by atoms with E-state index in [9.17, 15) is 5.26 Å². The van der Waals surface area contributed by atoms with Crippen LogP contribution in [0.5, 0.6) is 0 Å². The maximum Gasteiger partial charge on any atom is 0.121 e. The van der Waals surface area contributed by atoms with Crippen LogP contribution in [0.4, 0.5) is 0 Å². The molecule has 5 heteroatoms. The van der Waals surface area contributed by atoms with Gasteiger partial charge in [-0.2, -0.15) is 5.26 Å². The summed E-state index contributed by atoms with van der Waals surface area (Å²) in [5.74, 6) is 0. The molecule has 0 radical (unpaired) electrons. The number of nitriles is 1. The molecule has 30 heavy (non-hydrogen) atoms. The van der Waals surface area contributed by atoms with Gasteiger partial charge in [-0.05, 0) is 40.8 Å². The minimum Gasteiger partial charge on any atom is -0.192 e. The maximum atomic E-state index is 9.87. The Kier molecular flexibility index (Phi) is 4.51. The van der Waals surface area contributed by atoms with Gasteiger partial charge in [-0.25, -0.2) is 0 Å². The van der Waals surface area contributed by atoms with Gasteiger partial charge in [0, 0.05) is 10.4 Å². The molecule has 0 saturated carbocycles. The van der Waals surface area contributed by atoms with Crippen molar-refractivity contribution in [2.75, 3.05) is 0 Å². The predicted molar refractivity (Wildman–Crippen MR) is 121 cm³/mol. The highest BCUT2D eigenvalue weighted by molar-refractivity contribution is 6.30. The molecule has 0 aliphatic rings. The van der Waals surface area contributed by atoms with Gasteiger partial charge in [0.15, 0.2) is 0 Å². The topological polar surface area (TPSA) is 54.5 Å². The molecule has 0 N–H and O–H groups in total. The second-order valence-corrected chi connectivity index (χ2v) is 7.32. The van der Waals surface area contributed by atoms with E-state index in [4.69, 9.17) is 16.7 Å². The average Bonchev–Trinajstić information content (AvgIpc) is 3.23. The Labute approximate surface area is 178 Å². The number of hydrogen-bond donors (Lipinski definition) is 0. The number of rotatable bonds is 3. The Morgan fingerprint density at radius 1 is 0.833 bits per heavy atom.